The Morgan fingerprint density at radius 1 is 1.14 bits per heavy atom. The van der Waals surface area contributed by atoms with E-state index in [-0.39, 0.29) is 24.3 Å². The maximum Gasteiger partial charge on any atom is 0.270 e. The van der Waals surface area contributed by atoms with Crippen LogP contribution in [0.4, 0.5) is 5.69 Å². The Labute approximate surface area is 162 Å². The number of ether oxygens (including phenoxy) is 2. The molecule has 1 aromatic rings. The van der Waals surface area contributed by atoms with Crippen LogP contribution in [-0.4, -0.2) is 61.3 Å². The summed E-state index contributed by atoms with van der Waals surface area (Å²) in [6, 6.07) is 2.83. The molecule has 0 aliphatic carbocycles. The van der Waals surface area contributed by atoms with Crippen molar-refractivity contribution in [1.29, 1.82) is 0 Å². The Morgan fingerprint density at radius 3 is 2.54 bits per heavy atom. The van der Waals surface area contributed by atoms with Gasteiger partial charge in [-0.1, -0.05) is 0 Å². The van der Waals surface area contributed by atoms with E-state index >= 15 is 0 Å². The number of piperidine rings is 2. The summed E-state index contributed by atoms with van der Waals surface area (Å²) in [4.78, 5) is 41.8. The van der Waals surface area contributed by atoms with Crippen LogP contribution in [0.2, 0.25) is 0 Å². The molecule has 3 fully saturated rings. The number of hydrogen-bond acceptors (Lipinski definition) is 7. The van der Waals surface area contributed by atoms with Crippen LogP contribution in [0.5, 0.6) is 0 Å². The van der Waals surface area contributed by atoms with Crippen LogP contribution < -0.4 is 15.5 Å². The number of carbonyl (C=O) groups excluding carboxylic acids is 3. The van der Waals surface area contributed by atoms with E-state index in [4.69, 9.17) is 9.47 Å². The van der Waals surface area contributed by atoms with E-state index in [1.54, 1.807) is 12.3 Å². The standard InChI is InChI=1S/C19H24N4O5/c24-16-4-3-15(18(26)22-16)21-17(25)14-2-1-13(11-20-14)23-7-5-12(6-8-23)19-27-9-10-28-19/h1-2,11-12,15,19H,3-10H2,(H,21,25)(H,22,24,26)/t15-/m1/s1. The van der Waals surface area contributed by atoms with Crippen molar-refractivity contribution < 1.29 is 23.9 Å². The molecule has 3 aliphatic heterocycles. The van der Waals surface area contributed by atoms with Crippen molar-refractivity contribution in [2.75, 3.05) is 31.2 Å². The number of rotatable bonds is 4. The highest BCUT2D eigenvalue weighted by atomic mass is 16.7. The van der Waals surface area contributed by atoms with E-state index < -0.39 is 17.9 Å². The van der Waals surface area contributed by atoms with Crippen molar-refractivity contribution in [2.45, 2.75) is 38.0 Å². The van der Waals surface area contributed by atoms with Crippen molar-refractivity contribution in [2.24, 2.45) is 5.92 Å². The number of pyridine rings is 1. The summed E-state index contributed by atoms with van der Waals surface area (Å²) >= 11 is 0. The lowest BCUT2D eigenvalue weighted by molar-refractivity contribution is -0.134. The molecule has 28 heavy (non-hydrogen) atoms. The first-order valence-electron chi connectivity index (χ1n) is 9.69. The largest absolute Gasteiger partial charge is 0.370 e. The van der Waals surface area contributed by atoms with E-state index in [2.05, 4.69) is 20.5 Å². The first-order chi connectivity index (χ1) is 13.6. The van der Waals surface area contributed by atoms with Gasteiger partial charge in [0.15, 0.2) is 6.29 Å². The highest BCUT2D eigenvalue weighted by Crippen LogP contribution is 2.28. The second-order valence-corrected chi connectivity index (χ2v) is 7.31. The third-order valence-electron chi connectivity index (χ3n) is 5.46. The number of nitrogens with one attached hydrogen (secondary N) is 2. The summed E-state index contributed by atoms with van der Waals surface area (Å²) < 4.78 is 11.2. The van der Waals surface area contributed by atoms with Gasteiger partial charge in [0.1, 0.15) is 11.7 Å². The smallest absolute Gasteiger partial charge is 0.270 e. The quantitative estimate of drug-likeness (QED) is 0.710. The summed E-state index contributed by atoms with van der Waals surface area (Å²) in [6.07, 6.45) is 4.11. The molecule has 0 unspecified atom stereocenters. The monoisotopic (exact) mass is 388 g/mol. The highest BCUT2D eigenvalue weighted by molar-refractivity contribution is 6.03. The summed E-state index contributed by atoms with van der Waals surface area (Å²) in [6.45, 7) is 3.13. The Kier molecular flexibility index (Phi) is 5.54. The fourth-order valence-corrected chi connectivity index (χ4v) is 3.85. The number of hydrogen-bond donors (Lipinski definition) is 2. The van der Waals surface area contributed by atoms with Crippen LogP contribution in [0.15, 0.2) is 18.3 Å². The van der Waals surface area contributed by atoms with Crippen LogP contribution >= 0.6 is 0 Å². The predicted molar refractivity (Wildman–Crippen MR) is 98.5 cm³/mol. The lowest BCUT2D eigenvalue weighted by Crippen LogP contribution is -2.52. The number of aromatic nitrogens is 1. The van der Waals surface area contributed by atoms with Crippen LogP contribution in [0.3, 0.4) is 0 Å². The molecular weight excluding hydrogens is 364 g/mol. The molecule has 3 aliphatic rings. The minimum absolute atomic E-state index is 0.0707. The molecule has 4 heterocycles. The van der Waals surface area contributed by atoms with Gasteiger partial charge in [0.05, 0.1) is 25.1 Å². The summed E-state index contributed by atoms with van der Waals surface area (Å²) in [5.41, 5.74) is 1.21. The Hall–Kier alpha value is -2.52. The second kappa shape index (κ2) is 8.24. The number of amides is 3. The summed E-state index contributed by atoms with van der Waals surface area (Å²) in [5, 5.41) is 4.86. The zero-order valence-electron chi connectivity index (χ0n) is 15.6. The number of carbonyl (C=O) groups is 3. The molecule has 0 spiro atoms. The minimum Gasteiger partial charge on any atom is -0.370 e. The number of imide groups is 1. The molecule has 9 heteroatoms. The fourth-order valence-electron chi connectivity index (χ4n) is 3.85. The van der Waals surface area contributed by atoms with Crippen molar-refractivity contribution in [3.8, 4) is 0 Å². The fraction of sp³-hybridized carbons (Fsp3) is 0.579. The molecule has 9 nitrogen and oxygen atoms in total. The molecule has 0 bridgehead atoms. The van der Waals surface area contributed by atoms with Crippen LogP contribution in [-0.2, 0) is 19.1 Å². The van der Waals surface area contributed by atoms with Gasteiger partial charge in [-0.3, -0.25) is 19.7 Å². The van der Waals surface area contributed by atoms with Gasteiger partial charge in [-0.15, -0.1) is 0 Å². The molecule has 1 atom stereocenters. The van der Waals surface area contributed by atoms with Crippen LogP contribution in [0.1, 0.15) is 36.2 Å². The molecule has 2 N–H and O–H groups in total. The SMILES string of the molecule is O=C1CC[C@@H](NC(=O)c2ccc(N3CCC(C4OCCO4)CC3)cn2)C(=O)N1. The maximum atomic E-state index is 12.3. The van der Waals surface area contributed by atoms with E-state index in [1.807, 2.05) is 6.07 Å². The van der Waals surface area contributed by atoms with E-state index in [0.717, 1.165) is 31.6 Å². The van der Waals surface area contributed by atoms with Crippen molar-refractivity contribution in [3.63, 3.8) is 0 Å². The molecule has 3 saturated heterocycles. The second-order valence-electron chi connectivity index (χ2n) is 7.31. The Bertz CT molecular complexity index is 739. The third-order valence-corrected chi connectivity index (χ3v) is 5.46. The average molecular weight is 388 g/mol. The Morgan fingerprint density at radius 2 is 1.89 bits per heavy atom. The van der Waals surface area contributed by atoms with Gasteiger partial charge in [-0.25, -0.2) is 4.98 Å². The summed E-state index contributed by atoms with van der Waals surface area (Å²) in [7, 11) is 0. The first-order valence-corrected chi connectivity index (χ1v) is 9.69. The van der Waals surface area contributed by atoms with Crippen molar-refractivity contribution in [3.05, 3.63) is 24.0 Å². The van der Waals surface area contributed by atoms with Crippen LogP contribution in [0, 0.1) is 5.92 Å². The van der Waals surface area contributed by atoms with Crippen molar-refractivity contribution in [1.82, 2.24) is 15.6 Å². The normalized spacial score (nSPS) is 24.3. The topological polar surface area (TPSA) is 110 Å². The zero-order chi connectivity index (χ0) is 19.5. The molecule has 0 radical (unpaired) electrons. The highest BCUT2D eigenvalue weighted by Gasteiger charge is 2.31. The molecule has 0 saturated carbocycles. The lowest BCUT2D eigenvalue weighted by Gasteiger charge is -2.35. The van der Waals surface area contributed by atoms with E-state index in [1.165, 1.54) is 0 Å². The van der Waals surface area contributed by atoms with Gasteiger partial charge in [0.25, 0.3) is 5.91 Å². The van der Waals surface area contributed by atoms with E-state index in [0.29, 0.717) is 25.6 Å². The minimum atomic E-state index is -0.703. The third kappa shape index (κ3) is 4.15. The van der Waals surface area contributed by atoms with Crippen LogP contribution in [0.25, 0.3) is 0 Å². The van der Waals surface area contributed by atoms with Gasteiger partial charge < -0.3 is 19.7 Å². The van der Waals surface area contributed by atoms with Crippen molar-refractivity contribution >= 4 is 23.4 Å². The predicted octanol–water partition coefficient (Wildman–Crippen LogP) is 0.206. The zero-order valence-corrected chi connectivity index (χ0v) is 15.6. The number of nitrogens with zero attached hydrogens (tertiary/aromatic N) is 2. The molecular formula is C19H24N4O5. The molecule has 1 aromatic heterocycles. The first kappa shape index (κ1) is 18.8. The van der Waals surface area contributed by atoms with Gasteiger partial charge in [-0.2, -0.15) is 0 Å². The molecule has 150 valence electrons. The van der Waals surface area contributed by atoms with Gasteiger partial charge in [0.2, 0.25) is 11.8 Å². The molecule has 3 amide bonds. The number of anilines is 1. The lowest BCUT2D eigenvalue weighted by atomic mass is 9.96. The molecule has 0 aromatic carbocycles. The van der Waals surface area contributed by atoms with Gasteiger partial charge >= 0.3 is 0 Å². The maximum absolute atomic E-state index is 12.3. The van der Waals surface area contributed by atoms with Gasteiger partial charge in [0, 0.05) is 25.4 Å². The molecule has 4 rings (SSSR count). The van der Waals surface area contributed by atoms with Gasteiger partial charge in [-0.05, 0) is 31.4 Å². The average Bonchev–Trinajstić information content (AvgIpc) is 3.25. The Balaban J connectivity index is 1.30. The summed E-state index contributed by atoms with van der Waals surface area (Å²) in [5.74, 6) is -0.785. The van der Waals surface area contributed by atoms with E-state index in [9.17, 15) is 14.4 Å².